The Morgan fingerprint density at radius 1 is 1.05 bits per heavy atom. The Hall–Kier alpha value is -2.88. The monoisotopic (exact) mass is 292 g/mol. The van der Waals surface area contributed by atoms with Crippen LogP contribution >= 0.6 is 0 Å². The molecule has 22 heavy (non-hydrogen) atoms. The van der Waals surface area contributed by atoms with Gasteiger partial charge in [-0.1, -0.05) is 47.6 Å². The zero-order chi connectivity index (χ0) is 15.5. The lowest BCUT2D eigenvalue weighted by Gasteiger charge is -2.03. The molecule has 110 valence electrons. The third-order valence-corrected chi connectivity index (χ3v) is 3.50. The fraction of sp³-hybridized carbons (Fsp3) is 0.111. The molecule has 0 fully saturated rings. The quantitative estimate of drug-likeness (QED) is 0.738. The van der Waals surface area contributed by atoms with Gasteiger partial charge in [0.15, 0.2) is 5.36 Å². The minimum Gasteiger partial charge on any atom is -0.398 e. The molecule has 3 aromatic rings. The highest BCUT2D eigenvalue weighted by molar-refractivity contribution is 5.93. The van der Waals surface area contributed by atoms with Gasteiger partial charge >= 0.3 is 0 Å². The molecule has 0 bridgehead atoms. The van der Waals surface area contributed by atoms with Gasteiger partial charge < -0.3 is 9.82 Å². The maximum Gasteiger partial charge on any atom is 0.277 e. The van der Waals surface area contributed by atoms with E-state index in [-0.39, 0.29) is 10.9 Å². The number of nitrogens with zero attached hydrogens (tertiary/aromatic N) is 1. The highest BCUT2D eigenvalue weighted by Gasteiger charge is 2.06. The van der Waals surface area contributed by atoms with Gasteiger partial charge in [0.05, 0.1) is 0 Å². The van der Waals surface area contributed by atoms with Gasteiger partial charge in [0.2, 0.25) is 0 Å². The van der Waals surface area contributed by atoms with Gasteiger partial charge in [-0.05, 0) is 35.7 Å². The smallest absolute Gasteiger partial charge is 0.277 e. The van der Waals surface area contributed by atoms with Crippen LogP contribution in [-0.4, -0.2) is 12.1 Å². The van der Waals surface area contributed by atoms with Crippen LogP contribution in [0, 0.1) is 6.92 Å². The summed E-state index contributed by atoms with van der Waals surface area (Å²) in [5.41, 5.74) is 3.54. The van der Waals surface area contributed by atoms with Crippen LogP contribution in [0.2, 0.25) is 0 Å². The van der Waals surface area contributed by atoms with E-state index in [2.05, 4.69) is 10.1 Å². The van der Waals surface area contributed by atoms with Gasteiger partial charge in [-0.3, -0.25) is 4.79 Å². The molecular formula is C18H16N2O2. The van der Waals surface area contributed by atoms with E-state index in [0.717, 1.165) is 27.6 Å². The third kappa shape index (κ3) is 2.63. The molecule has 1 N–H and O–H groups in total. The molecular weight excluding hydrogens is 276 g/mol. The second-order valence-corrected chi connectivity index (χ2v) is 5.09. The number of H-pyrrole nitrogens is 1. The van der Waals surface area contributed by atoms with E-state index in [4.69, 9.17) is 4.84 Å². The van der Waals surface area contributed by atoms with Crippen molar-refractivity contribution in [3.05, 3.63) is 75.9 Å². The van der Waals surface area contributed by atoms with Crippen LogP contribution in [0.15, 0.2) is 64.5 Å². The lowest BCUT2D eigenvalue weighted by molar-refractivity contribution is 0.200. The molecule has 4 heteroatoms. The van der Waals surface area contributed by atoms with Crippen LogP contribution < -0.4 is 10.9 Å². The van der Waals surface area contributed by atoms with Crippen molar-refractivity contribution in [2.75, 3.05) is 7.11 Å². The van der Waals surface area contributed by atoms with Crippen molar-refractivity contribution < 1.29 is 4.84 Å². The van der Waals surface area contributed by atoms with Gasteiger partial charge in [0.1, 0.15) is 7.11 Å². The van der Waals surface area contributed by atoms with Gasteiger partial charge in [0, 0.05) is 10.9 Å². The fourth-order valence-corrected chi connectivity index (χ4v) is 2.49. The lowest BCUT2D eigenvalue weighted by Crippen LogP contribution is -2.24. The summed E-state index contributed by atoms with van der Waals surface area (Å²) >= 11 is 0. The Bertz CT molecular complexity index is 944. The third-order valence-electron chi connectivity index (χ3n) is 3.50. The maximum absolute atomic E-state index is 12.3. The predicted octanol–water partition coefficient (Wildman–Crippen LogP) is 2.97. The van der Waals surface area contributed by atoms with Crippen molar-refractivity contribution in [2.24, 2.45) is 5.16 Å². The standard InChI is InChI=1S/C18H16N2O2/c1-12-8-9-14-15(13-6-4-3-5-7-13)11-17(20-22-2)18(21)19-16(14)10-12/h3-11H,1-2H3,(H,19,20,21). The number of nitrogens with one attached hydrogen (secondary N) is 1. The van der Waals surface area contributed by atoms with E-state index in [9.17, 15) is 4.79 Å². The van der Waals surface area contributed by atoms with Crippen LogP contribution in [0.5, 0.6) is 0 Å². The Labute approximate surface area is 127 Å². The minimum atomic E-state index is -0.278. The summed E-state index contributed by atoms with van der Waals surface area (Å²) in [4.78, 5) is 20.0. The zero-order valence-electron chi connectivity index (χ0n) is 12.5. The molecule has 0 aliphatic carbocycles. The number of benzene rings is 2. The topological polar surface area (TPSA) is 54.4 Å². The summed E-state index contributed by atoms with van der Waals surface area (Å²) in [5, 5.41) is 5.04. The Morgan fingerprint density at radius 2 is 1.82 bits per heavy atom. The molecule has 0 unspecified atom stereocenters. The molecule has 3 rings (SSSR count). The summed E-state index contributed by atoms with van der Waals surface area (Å²) in [6.45, 7) is 1.99. The van der Waals surface area contributed by atoms with Gasteiger partial charge in [-0.15, -0.1) is 0 Å². The average molecular weight is 292 g/mol. The highest BCUT2D eigenvalue weighted by atomic mass is 16.6. The molecule has 0 aliphatic heterocycles. The number of aryl methyl sites for hydroxylation is 1. The summed E-state index contributed by atoms with van der Waals surface area (Å²) in [6.07, 6.45) is 0. The number of aromatic nitrogens is 1. The Morgan fingerprint density at radius 3 is 2.55 bits per heavy atom. The van der Waals surface area contributed by atoms with E-state index in [0.29, 0.717) is 0 Å². The first-order chi connectivity index (χ1) is 10.7. The molecule has 0 saturated carbocycles. The second kappa shape index (κ2) is 5.85. The summed E-state index contributed by atoms with van der Waals surface area (Å²) < 4.78 is 0. The molecule has 1 heterocycles. The van der Waals surface area contributed by atoms with Crippen LogP contribution in [-0.2, 0) is 4.84 Å². The number of hydrogen-bond donors (Lipinski definition) is 1. The van der Waals surface area contributed by atoms with E-state index in [1.807, 2.05) is 55.5 Å². The van der Waals surface area contributed by atoms with E-state index in [1.165, 1.54) is 7.11 Å². The normalized spacial score (nSPS) is 11.6. The van der Waals surface area contributed by atoms with Crippen LogP contribution in [0.1, 0.15) is 5.56 Å². The molecule has 2 aromatic carbocycles. The molecule has 4 nitrogen and oxygen atoms in total. The Balaban J connectivity index is 2.51. The van der Waals surface area contributed by atoms with Crippen molar-refractivity contribution in [1.29, 1.82) is 0 Å². The van der Waals surface area contributed by atoms with E-state index >= 15 is 0 Å². The SMILES string of the molecule is CON=c1cc(-c2ccccc2)c2ccc(C)cc2[nH]c1=O. The van der Waals surface area contributed by atoms with Crippen molar-refractivity contribution >= 4 is 10.9 Å². The molecule has 0 radical (unpaired) electrons. The van der Waals surface area contributed by atoms with Crippen LogP contribution in [0.3, 0.4) is 0 Å². The second-order valence-electron chi connectivity index (χ2n) is 5.09. The average Bonchev–Trinajstić information content (AvgIpc) is 2.65. The lowest BCUT2D eigenvalue weighted by atomic mass is 10.0. The summed E-state index contributed by atoms with van der Waals surface area (Å²) in [5.74, 6) is 0. The van der Waals surface area contributed by atoms with Crippen molar-refractivity contribution in [3.63, 3.8) is 0 Å². The molecule has 0 aliphatic rings. The fourth-order valence-electron chi connectivity index (χ4n) is 2.49. The summed E-state index contributed by atoms with van der Waals surface area (Å²) in [6, 6.07) is 17.7. The minimum absolute atomic E-state index is 0.246. The molecule has 0 atom stereocenters. The van der Waals surface area contributed by atoms with Crippen molar-refractivity contribution in [1.82, 2.24) is 4.98 Å². The first kappa shape index (κ1) is 14.1. The number of hydrogen-bond acceptors (Lipinski definition) is 3. The highest BCUT2D eigenvalue weighted by Crippen LogP contribution is 2.25. The largest absolute Gasteiger partial charge is 0.398 e. The number of aromatic amines is 1. The predicted molar refractivity (Wildman–Crippen MR) is 87.3 cm³/mol. The maximum atomic E-state index is 12.3. The Kier molecular flexibility index (Phi) is 3.74. The van der Waals surface area contributed by atoms with Crippen LogP contribution in [0.4, 0.5) is 0 Å². The summed E-state index contributed by atoms with van der Waals surface area (Å²) in [7, 11) is 1.43. The van der Waals surface area contributed by atoms with E-state index in [1.54, 1.807) is 6.07 Å². The van der Waals surface area contributed by atoms with E-state index < -0.39 is 0 Å². The molecule has 0 saturated heterocycles. The van der Waals surface area contributed by atoms with Gasteiger partial charge in [-0.2, -0.15) is 0 Å². The molecule has 1 aromatic heterocycles. The number of fused-ring (bicyclic) bond motifs is 1. The first-order valence-electron chi connectivity index (χ1n) is 6.99. The van der Waals surface area contributed by atoms with Gasteiger partial charge in [0.25, 0.3) is 5.56 Å². The van der Waals surface area contributed by atoms with Crippen molar-refractivity contribution in [3.8, 4) is 11.1 Å². The molecule has 0 amide bonds. The first-order valence-corrected chi connectivity index (χ1v) is 6.99. The van der Waals surface area contributed by atoms with Crippen molar-refractivity contribution in [2.45, 2.75) is 6.92 Å². The van der Waals surface area contributed by atoms with Crippen LogP contribution in [0.25, 0.3) is 22.0 Å². The van der Waals surface area contributed by atoms with Gasteiger partial charge in [-0.25, -0.2) is 0 Å². The number of rotatable bonds is 2. The molecule has 0 spiro atoms. The zero-order valence-corrected chi connectivity index (χ0v) is 12.5.